The van der Waals surface area contributed by atoms with Crippen LogP contribution in [0.15, 0.2) is 0 Å². The third kappa shape index (κ3) is 12.7. The Hall–Kier alpha value is -1.28. The second kappa shape index (κ2) is 11.2. The first kappa shape index (κ1) is 18.1. The van der Waals surface area contributed by atoms with Gasteiger partial charge in [-0.25, -0.2) is 4.79 Å². The molecule has 0 fully saturated rings. The van der Waals surface area contributed by atoms with Crippen LogP contribution >= 0.6 is 11.8 Å². The van der Waals surface area contributed by atoms with E-state index in [1.165, 1.54) is 6.92 Å². The van der Waals surface area contributed by atoms with Crippen LogP contribution in [0.4, 0.5) is 0 Å². The van der Waals surface area contributed by atoms with E-state index in [-0.39, 0.29) is 0 Å². The molecule has 0 aromatic rings. The average molecular weight is 266 g/mol. The van der Waals surface area contributed by atoms with E-state index in [4.69, 9.17) is 15.9 Å². The SMILES string of the molecule is CSCC[C@H](NC=O)C(=O)O.C[C@H](N)C(=O)O. The maximum atomic E-state index is 10.4. The number of thioether (sulfide) groups is 1. The van der Waals surface area contributed by atoms with Crippen molar-refractivity contribution in [3.63, 3.8) is 0 Å². The number of carbonyl (C=O) groups excluding carboxylic acids is 1. The number of carbonyl (C=O) groups is 3. The summed E-state index contributed by atoms with van der Waals surface area (Å²) < 4.78 is 0. The first-order chi connectivity index (χ1) is 7.86. The number of amides is 1. The van der Waals surface area contributed by atoms with Crippen LogP contribution in [-0.2, 0) is 14.4 Å². The lowest BCUT2D eigenvalue weighted by atomic mass is 10.2. The molecule has 7 nitrogen and oxygen atoms in total. The van der Waals surface area contributed by atoms with E-state index in [1.54, 1.807) is 11.8 Å². The van der Waals surface area contributed by atoms with Crippen LogP contribution in [0.5, 0.6) is 0 Å². The highest BCUT2D eigenvalue weighted by atomic mass is 32.2. The highest BCUT2D eigenvalue weighted by Crippen LogP contribution is 1.99. The summed E-state index contributed by atoms with van der Waals surface area (Å²) in [6.45, 7) is 1.42. The van der Waals surface area contributed by atoms with Crippen LogP contribution < -0.4 is 11.1 Å². The quantitative estimate of drug-likeness (QED) is 0.451. The van der Waals surface area contributed by atoms with E-state index in [1.807, 2.05) is 6.26 Å². The Balaban J connectivity index is 0. The smallest absolute Gasteiger partial charge is 0.326 e. The number of nitrogens with one attached hydrogen (secondary N) is 1. The predicted molar refractivity (Wildman–Crippen MR) is 64.9 cm³/mol. The number of hydrogen-bond donors (Lipinski definition) is 4. The van der Waals surface area contributed by atoms with Crippen molar-refractivity contribution in [3.8, 4) is 0 Å². The number of rotatable bonds is 7. The third-order valence-corrected chi connectivity index (χ3v) is 2.21. The number of carboxylic acid groups (broad SMARTS) is 2. The molecular formula is C9H18N2O5S. The minimum absolute atomic E-state index is 0.416. The van der Waals surface area contributed by atoms with Gasteiger partial charge in [0.15, 0.2) is 0 Å². The summed E-state index contributed by atoms with van der Waals surface area (Å²) in [5, 5.41) is 18.6. The van der Waals surface area contributed by atoms with E-state index in [9.17, 15) is 14.4 Å². The predicted octanol–water partition coefficient (Wildman–Crippen LogP) is -0.643. The van der Waals surface area contributed by atoms with E-state index in [0.717, 1.165) is 5.75 Å². The van der Waals surface area contributed by atoms with Gasteiger partial charge in [0, 0.05) is 0 Å². The Kier molecular flexibility index (Phi) is 11.9. The van der Waals surface area contributed by atoms with Crippen LogP contribution in [0, 0.1) is 0 Å². The minimum atomic E-state index is -0.980. The van der Waals surface area contributed by atoms with Gasteiger partial charge in [-0.3, -0.25) is 9.59 Å². The molecule has 2 atom stereocenters. The zero-order valence-corrected chi connectivity index (χ0v) is 10.6. The molecule has 17 heavy (non-hydrogen) atoms. The zero-order chi connectivity index (χ0) is 13.8. The Morgan fingerprint density at radius 3 is 2.12 bits per heavy atom. The molecule has 0 bridgehead atoms. The molecule has 0 aliphatic heterocycles. The molecule has 8 heteroatoms. The topological polar surface area (TPSA) is 130 Å². The highest BCUT2D eigenvalue weighted by molar-refractivity contribution is 7.98. The summed E-state index contributed by atoms with van der Waals surface area (Å²) in [6, 6.07) is -1.47. The van der Waals surface area contributed by atoms with Gasteiger partial charge in [0.25, 0.3) is 0 Å². The normalized spacial score (nSPS) is 12.6. The van der Waals surface area contributed by atoms with Crippen molar-refractivity contribution < 1.29 is 24.6 Å². The van der Waals surface area contributed by atoms with Gasteiger partial charge in [-0.15, -0.1) is 0 Å². The van der Waals surface area contributed by atoms with Gasteiger partial charge in [0.2, 0.25) is 6.41 Å². The summed E-state index contributed by atoms with van der Waals surface area (Å²) >= 11 is 1.55. The zero-order valence-electron chi connectivity index (χ0n) is 9.75. The first-order valence-corrected chi connectivity index (χ1v) is 6.16. The Morgan fingerprint density at radius 1 is 1.41 bits per heavy atom. The molecule has 0 aromatic heterocycles. The Labute approximate surface area is 104 Å². The number of aliphatic carboxylic acids is 2. The summed E-state index contributed by atoms with van der Waals surface area (Å²) in [5.41, 5.74) is 4.84. The molecule has 0 aromatic carbocycles. The molecule has 0 radical (unpaired) electrons. The molecule has 0 saturated carbocycles. The number of hydrogen-bond acceptors (Lipinski definition) is 5. The minimum Gasteiger partial charge on any atom is -0.480 e. The molecule has 0 unspecified atom stereocenters. The van der Waals surface area contributed by atoms with Crippen LogP contribution in [0.1, 0.15) is 13.3 Å². The number of carboxylic acids is 2. The van der Waals surface area contributed by atoms with E-state index >= 15 is 0 Å². The molecule has 0 saturated heterocycles. The molecule has 0 heterocycles. The molecule has 1 amide bonds. The van der Waals surface area contributed by atoms with Crippen LogP contribution in [0.3, 0.4) is 0 Å². The molecule has 0 aliphatic rings. The van der Waals surface area contributed by atoms with Gasteiger partial charge in [0.1, 0.15) is 12.1 Å². The van der Waals surface area contributed by atoms with Crippen LogP contribution in [0.25, 0.3) is 0 Å². The van der Waals surface area contributed by atoms with Crippen molar-refractivity contribution in [2.75, 3.05) is 12.0 Å². The second-order valence-electron chi connectivity index (χ2n) is 3.08. The molecule has 0 aliphatic carbocycles. The van der Waals surface area contributed by atoms with Gasteiger partial charge < -0.3 is 21.3 Å². The van der Waals surface area contributed by atoms with Crippen molar-refractivity contribution in [2.24, 2.45) is 5.73 Å². The molecular weight excluding hydrogens is 248 g/mol. The highest BCUT2D eigenvalue weighted by Gasteiger charge is 2.14. The summed E-state index contributed by atoms with van der Waals surface area (Å²) in [4.78, 5) is 29.8. The van der Waals surface area contributed by atoms with Gasteiger partial charge in [-0.1, -0.05) is 0 Å². The van der Waals surface area contributed by atoms with Gasteiger partial charge >= 0.3 is 11.9 Å². The largest absolute Gasteiger partial charge is 0.480 e. The van der Waals surface area contributed by atoms with Crippen molar-refractivity contribution in [1.29, 1.82) is 0 Å². The molecule has 0 rings (SSSR count). The van der Waals surface area contributed by atoms with E-state index < -0.39 is 24.0 Å². The summed E-state index contributed by atoms with van der Waals surface area (Å²) in [7, 11) is 0. The molecule has 0 spiro atoms. The Morgan fingerprint density at radius 2 is 1.88 bits per heavy atom. The van der Waals surface area contributed by atoms with Gasteiger partial charge in [-0.05, 0) is 25.4 Å². The monoisotopic (exact) mass is 266 g/mol. The standard InChI is InChI=1S/C6H11NO3S.C3H7NO2/c1-11-3-2-5(6(9)10)7-4-8;1-2(4)3(5)6/h4-5H,2-3H2,1H3,(H,7,8)(H,9,10);2H,4H2,1H3,(H,5,6)/t5-;2-/m00/s1. The lowest BCUT2D eigenvalue weighted by molar-refractivity contribution is -0.140. The lowest BCUT2D eigenvalue weighted by Crippen LogP contribution is -2.36. The maximum absolute atomic E-state index is 10.4. The van der Waals surface area contributed by atoms with Crippen LogP contribution in [-0.4, -0.2) is 52.7 Å². The van der Waals surface area contributed by atoms with Crippen molar-refractivity contribution >= 4 is 30.1 Å². The van der Waals surface area contributed by atoms with Crippen molar-refractivity contribution in [2.45, 2.75) is 25.4 Å². The van der Waals surface area contributed by atoms with E-state index in [0.29, 0.717) is 12.8 Å². The number of nitrogens with two attached hydrogens (primary N) is 1. The Bertz CT molecular complexity index is 248. The first-order valence-electron chi connectivity index (χ1n) is 4.76. The van der Waals surface area contributed by atoms with Gasteiger partial charge in [0.05, 0.1) is 0 Å². The molecule has 100 valence electrons. The summed E-state index contributed by atoms with van der Waals surface area (Å²) in [6.07, 6.45) is 2.77. The second-order valence-corrected chi connectivity index (χ2v) is 4.07. The summed E-state index contributed by atoms with van der Waals surface area (Å²) in [5.74, 6) is -1.21. The fourth-order valence-electron chi connectivity index (χ4n) is 0.596. The third-order valence-electron chi connectivity index (χ3n) is 1.57. The van der Waals surface area contributed by atoms with E-state index in [2.05, 4.69) is 5.32 Å². The van der Waals surface area contributed by atoms with Crippen LogP contribution in [0.2, 0.25) is 0 Å². The maximum Gasteiger partial charge on any atom is 0.326 e. The fourth-order valence-corrected chi connectivity index (χ4v) is 1.07. The molecule has 5 N–H and O–H groups in total. The van der Waals surface area contributed by atoms with Crippen molar-refractivity contribution in [3.05, 3.63) is 0 Å². The lowest BCUT2D eigenvalue weighted by Gasteiger charge is -2.08. The van der Waals surface area contributed by atoms with Crippen molar-refractivity contribution in [1.82, 2.24) is 5.32 Å². The van der Waals surface area contributed by atoms with Gasteiger partial charge in [-0.2, -0.15) is 11.8 Å². The average Bonchev–Trinajstić information content (AvgIpc) is 2.24. The fraction of sp³-hybridized carbons (Fsp3) is 0.667.